The molecule has 0 radical (unpaired) electrons. The summed E-state index contributed by atoms with van der Waals surface area (Å²) < 4.78 is 12.0. The average Bonchev–Trinajstić information content (AvgIpc) is 2.18. The molecule has 0 atom stereocenters. The first-order valence-corrected chi connectivity index (χ1v) is 4.32. The summed E-state index contributed by atoms with van der Waals surface area (Å²) in [6.07, 6.45) is 0. The predicted molar refractivity (Wildman–Crippen MR) is 53.8 cm³/mol. The highest BCUT2D eigenvalue weighted by atomic mass is 19.1. The molecule has 4 heteroatoms. The van der Waals surface area contributed by atoms with Crippen molar-refractivity contribution in [1.82, 2.24) is 4.90 Å². The highest BCUT2D eigenvalue weighted by Crippen LogP contribution is 2.12. The second-order valence-corrected chi connectivity index (χ2v) is 3.00. The van der Waals surface area contributed by atoms with Gasteiger partial charge in [-0.3, -0.25) is 4.79 Å². The van der Waals surface area contributed by atoms with Gasteiger partial charge in [-0.1, -0.05) is 12.1 Å². The van der Waals surface area contributed by atoms with Crippen LogP contribution in [0.2, 0.25) is 0 Å². The minimum absolute atomic E-state index is 0.0904. The van der Waals surface area contributed by atoms with Crippen LogP contribution in [0.25, 0.3) is 0 Å². The fourth-order valence-corrected chi connectivity index (χ4v) is 1.13. The van der Waals surface area contributed by atoms with Gasteiger partial charge in [0, 0.05) is 19.3 Å². The quantitative estimate of drug-likeness (QED) is 0.741. The Balaban J connectivity index is 2.84. The molecule has 76 valence electrons. The summed E-state index contributed by atoms with van der Waals surface area (Å²) in [5.41, 5.74) is 6.45. The Labute approximate surface area is 82.3 Å². The van der Waals surface area contributed by atoms with E-state index >= 15 is 0 Å². The maximum absolute atomic E-state index is 12.0. The number of hydrogen-bond donors (Lipinski definition) is 1. The average molecular weight is 196 g/mol. The maximum atomic E-state index is 12.0. The minimum atomic E-state index is -0.547. The van der Waals surface area contributed by atoms with E-state index in [9.17, 15) is 9.18 Å². The van der Waals surface area contributed by atoms with Gasteiger partial charge in [-0.25, -0.2) is 4.39 Å². The van der Waals surface area contributed by atoms with Gasteiger partial charge in [0.15, 0.2) is 0 Å². The Morgan fingerprint density at radius 2 is 2.14 bits per heavy atom. The molecule has 0 saturated heterocycles. The number of nitrogens with two attached hydrogens (primary N) is 1. The topological polar surface area (TPSA) is 46.3 Å². The molecule has 2 N–H and O–H groups in total. The number of benzene rings is 1. The molecule has 1 aromatic rings. The van der Waals surface area contributed by atoms with Crippen molar-refractivity contribution in [2.24, 2.45) is 0 Å². The van der Waals surface area contributed by atoms with E-state index in [2.05, 4.69) is 0 Å². The highest BCUT2D eigenvalue weighted by Gasteiger charge is 2.13. The Morgan fingerprint density at radius 3 is 2.71 bits per heavy atom. The highest BCUT2D eigenvalue weighted by molar-refractivity contribution is 5.98. The Morgan fingerprint density at radius 1 is 1.50 bits per heavy atom. The molecule has 0 aromatic heterocycles. The number of rotatable bonds is 3. The summed E-state index contributed by atoms with van der Waals surface area (Å²) in [6.45, 7) is -0.456. The lowest BCUT2D eigenvalue weighted by Crippen LogP contribution is -2.29. The van der Waals surface area contributed by atoms with E-state index in [1.54, 1.807) is 31.3 Å². The summed E-state index contributed by atoms with van der Waals surface area (Å²) >= 11 is 0. The van der Waals surface area contributed by atoms with E-state index in [1.807, 2.05) is 0 Å². The second-order valence-electron chi connectivity index (χ2n) is 3.00. The third-order valence-corrected chi connectivity index (χ3v) is 1.96. The van der Waals surface area contributed by atoms with E-state index < -0.39 is 6.67 Å². The Bertz CT molecular complexity index is 328. The number of carbonyl (C=O) groups is 1. The summed E-state index contributed by atoms with van der Waals surface area (Å²) in [5.74, 6) is -0.249. The number of nitrogen functional groups attached to an aromatic ring is 1. The lowest BCUT2D eigenvalue weighted by molar-refractivity contribution is 0.0787. The van der Waals surface area contributed by atoms with Crippen molar-refractivity contribution in [3.63, 3.8) is 0 Å². The monoisotopic (exact) mass is 196 g/mol. The molecule has 0 unspecified atom stereocenters. The van der Waals surface area contributed by atoms with E-state index in [4.69, 9.17) is 5.73 Å². The van der Waals surface area contributed by atoms with Crippen LogP contribution in [0.5, 0.6) is 0 Å². The summed E-state index contributed by atoms with van der Waals surface area (Å²) in [7, 11) is 1.55. The molecule has 1 amide bonds. The van der Waals surface area contributed by atoms with Crippen molar-refractivity contribution >= 4 is 11.6 Å². The fourth-order valence-electron chi connectivity index (χ4n) is 1.13. The largest absolute Gasteiger partial charge is 0.398 e. The van der Waals surface area contributed by atoms with Crippen LogP contribution < -0.4 is 5.73 Å². The van der Waals surface area contributed by atoms with E-state index in [0.717, 1.165) is 0 Å². The fraction of sp³-hybridized carbons (Fsp3) is 0.300. The zero-order valence-corrected chi connectivity index (χ0v) is 8.03. The standard InChI is InChI=1S/C10H13FN2O/c1-13(7-6-11)10(14)8-4-2-3-5-9(8)12/h2-5H,6-7,12H2,1H3. The van der Waals surface area contributed by atoms with Gasteiger partial charge in [0.1, 0.15) is 6.67 Å². The number of amides is 1. The predicted octanol–water partition coefficient (Wildman–Crippen LogP) is 1.31. The van der Waals surface area contributed by atoms with E-state index in [1.165, 1.54) is 4.90 Å². The van der Waals surface area contributed by atoms with Gasteiger partial charge in [0.2, 0.25) is 0 Å². The van der Waals surface area contributed by atoms with Crippen molar-refractivity contribution in [2.45, 2.75) is 0 Å². The van der Waals surface area contributed by atoms with Crippen LogP contribution in [0.3, 0.4) is 0 Å². The summed E-state index contributed by atoms with van der Waals surface area (Å²) in [4.78, 5) is 12.9. The van der Waals surface area contributed by atoms with Crippen molar-refractivity contribution in [1.29, 1.82) is 0 Å². The lowest BCUT2D eigenvalue weighted by atomic mass is 10.1. The molecule has 14 heavy (non-hydrogen) atoms. The lowest BCUT2D eigenvalue weighted by Gasteiger charge is -2.15. The van der Waals surface area contributed by atoms with Crippen molar-refractivity contribution < 1.29 is 9.18 Å². The number of para-hydroxylation sites is 1. The molecule has 3 nitrogen and oxygen atoms in total. The first kappa shape index (κ1) is 10.5. The second kappa shape index (κ2) is 4.60. The molecule has 1 aromatic carbocycles. The molecule has 0 aliphatic heterocycles. The molecular weight excluding hydrogens is 183 g/mol. The summed E-state index contributed by atoms with van der Waals surface area (Å²) in [5, 5.41) is 0. The van der Waals surface area contributed by atoms with Crippen LogP contribution >= 0.6 is 0 Å². The molecule has 0 saturated carbocycles. The van der Waals surface area contributed by atoms with Crippen molar-refractivity contribution in [3.8, 4) is 0 Å². The molecule has 0 bridgehead atoms. The zero-order chi connectivity index (χ0) is 10.6. The normalized spacial score (nSPS) is 9.86. The SMILES string of the molecule is CN(CCF)C(=O)c1ccccc1N. The van der Waals surface area contributed by atoms with Gasteiger partial charge in [0.05, 0.1) is 5.56 Å². The maximum Gasteiger partial charge on any atom is 0.255 e. The first-order valence-electron chi connectivity index (χ1n) is 4.32. The minimum Gasteiger partial charge on any atom is -0.398 e. The molecule has 0 fully saturated rings. The van der Waals surface area contributed by atoms with E-state index in [0.29, 0.717) is 11.3 Å². The van der Waals surface area contributed by atoms with Crippen LogP contribution in [0.4, 0.5) is 10.1 Å². The van der Waals surface area contributed by atoms with Crippen LogP contribution in [0.1, 0.15) is 10.4 Å². The molecule has 0 spiro atoms. The van der Waals surface area contributed by atoms with Gasteiger partial charge in [-0.15, -0.1) is 0 Å². The van der Waals surface area contributed by atoms with Crippen LogP contribution in [0, 0.1) is 0 Å². The number of alkyl halides is 1. The van der Waals surface area contributed by atoms with Gasteiger partial charge in [-0.2, -0.15) is 0 Å². The van der Waals surface area contributed by atoms with Crippen molar-refractivity contribution in [2.75, 3.05) is 26.0 Å². The Kier molecular flexibility index (Phi) is 3.45. The molecule has 0 heterocycles. The van der Waals surface area contributed by atoms with Gasteiger partial charge >= 0.3 is 0 Å². The molecular formula is C10H13FN2O. The molecule has 1 rings (SSSR count). The first-order chi connectivity index (χ1) is 6.66. The summed E-state index contributed by atoms with van der Waals surface area (Å²) in [6, 6.07) is 6.76. The van der Waals surface area contributed by atoms with Crippen molar-refractivity contribution in [3.05, 3.63) is 29.8 Å². The number of carbonyl (C=O) groups excluding carboxylic acids is 1. The number of anilines is 1. The van der Waals surface area contributed by atoms with Crippen LogP contribution in [0.15, 0.2) is 24.3 Å². The number of nitrogens with zero attached hydrogens (tertiary/aromatic N) is 1. The number of hydrogen-bond acceptors (Lipinski definition) is 2. The van der Waals surface area contributed by atoms with Crippen LogP contribution in [-0.2, 0) is 0 Å². The van der Waals surface area contributed by atoms with E-state index in [-0.39, 0.29) is 12.5 Å². The third kappa shape index (κ3) is 2.22. The molecule has 0 aliphatic carbocycles. The van der Waals surface area contributed by atoms with Gasteiger partial charge in [-0.05, 0) is 12.1 Å². The van der Waals surface area contributed by atoms with Crippen LogP contribution in [-0.4, -0.2) is 31.1 Å². The number of halogens is 1. The third-order valence-electron chi connectivity index (χ3n) is 1.96. The van der Waals surface area contributed by atoms with Gasteiger partial charge in [0.25, 0.3) is 5.91 Å². The smallest absolute Gasteiger partial charge is 0.255 e. The zero-order valence-electron chi connectivity index (χ0n) is 8.03. The molecule has 0 aliphatic rings. The Hall–Kier alpha value is -1.58. The van der Waals surface area contributed by atoms with Gasteiger partial charge < -0.3 is 10.6 Å².